The minimum absolute atomic E-state index is 0.479. The van der Waals surface area contributed by atoms with Gasteiger partial charge < -0.3 is 5.73 Å². The minimum Gasteiger partial charge on any atom is -0.399 e. The first-order chi connectivity index (χ1) is 9.25. The number of rotatable bonds is 2. The fraction of sp³-hybridized carbons (Fsp3) is 0.429. The molecule has 0 unspecified atom stereocenters. The zero-order chi connectivity index (χ0) is 13.2. The number of aromatic nitrogens is 3. The van der Waals surface area contributed by atoms with Crippen LogP contribution in [0, 0.1) is 4.77 Å². The van der Waals surface area contributed by atoms with E-state index in [0.29, 0.717) is 6.04 Å². The standard InChI is InChI=1S/C14H18N4S/c15-11-8-6-10(7-9-11)13-16-17-14(19)18(13)12-4-2-1-3-5-12/h6-9,12H,1-5,15H2,(H,17,19). The van der Waals surface area contributed by atoms with E-state index in [0.717, 1.165) is 21.8 Å². The molecule has 3 N–H and O–H groups in total. The summed E-state index contributed by atoms with van der Waals surface area (Å²) in [6.07, 6.45) is 6.27. The van der Waals surface area contributed by atoms with Crippen LogP contribution in [-0.2, 0) is 0 Å². The van der Waals surface area contributed by atoms with Crippen LogP contribution in [0.1, 0.15) is 38.1 Å². The molecule has 1 heterocycles. The van der Waals surface area contributed by atoms with Crippen molar-refractivity contribution in [3.63, 3.8) is 0 Å². The third-order valence-electron chi connectivity index (χ3n) is 3.81. The average molecular weight is 274 g/mol. The van der Waals surface area contributed by atoms with E-state index >= 15 is 0 Å². The van der Waals surface area contributed by atoms with E-state index in [1.165, 1.54) is 32.1 Å². The van der Waals surface area contributed by atoms with Gasteiger partial charge in [0.1, 0.15) is 0 Å². The first kappa shape index (κ1) is 12.4. The number of anilines is 1. The number of nitrogen functional groups attached to an aromatic ring is 1. The highest BCUT2D eigenvalue weighted by molar-refractivity contribution is 7.71. The van der Waals surface area contributed by atoms with E-state index < -0.39 is 0 Å². The molecule has 0 bridgehead atoms. The smallest absolute Gasteiger partial charge is 0.195 e. The van der Waals surface area contributed by atoms with Gasteiger partial charge >= 0.3 is 0 Å². The molecule has 3 rings (SSSR count). The monoisotopic (exact) mass is 274 g/mol. The number of H-pyrrole nitrogens is 1. The molecule has 19 heavy (non-hydrogen) atoms. The zero-order valence-electron chi connectivity index (χ0n) is 10.8. The molecule has 1 aromatic heterocycles. The molecule has 1 saturated carbocycles. The summed E-state index contributed by atoms with van der Waals surface area (Å²) in [4.78, 5) is 0. The lowest BCUT2D eigenvalue weighted by molar-refractivity contribution is 0.352. The Bertz CT molecular complexity index is 605. The number of nitrogens with zero attached hydrogens (tertiary/aromatic N) is 2. The van der Waals surface area contributed by atoms with Crippen molar-refractivity contribution in [3.8, 4) is 11.4 Å². The lowest BCUT2D eigenvalue weighted by Crippen LogP contribution is -2.14. The van der Waals surface area contributed by atoms with Crippen LogP contribution in [0.2, 0.25) is 0 Å². The van der Waals surface area contributed by atoms with Crippen LogP contribution < -0.4 is 5.73 Å². The van der Waals surface area contributed by atoms with Crippen LogP contribution >= 0.6 is 12.2 Å². The molecule has 2 aromatic rings. The zero-order valence-corrected chi connectivity index (χ0v) is 11.6. The Kier molecular flexibility index (Phi) is 3.38. The van der Waals surface area contributed by atoms with Crippen molar-refractivity contribution in [1.82, 2.24) is 14.8 Å². The second-order valence-corrected chi connectivity index (χ2v) is 5.52. The summed E-state index contributed by atoms with van der Waals surface area (Å²) in [6, 6.07) is 8.28. The Morgan fingerprint density at radius 1 is 1.16 bits per heavy atom. The molecule has 0 atom stereocenters. The molecular formula is C14H18N4S. The molecule has 0 amide bonds. The van der Waals surface area contributed by atoms with Crippen molar-refractivity contribution >= 4 is 17.9 Å². The number of hydrogen-bond donors (Lipinski definition) is 2. The number of nitrogens with one attached hydrogen (secondary N) is 1. The maximum atomic E-state index is 5.74. The first-order valence-corrected chi connectivity index (χ1v) is 7.19. The van der Waals surface area contributed by atoms with Crippen molar-refractivity contribution in [3.05, 3.63) is 29.0 Å². The summed E-state index contributed by atoms with van der Waals surface area (Å²) < 4.78 is 2.90. The van der Waals surface area contributed by atoms with Crippen LogP contribution in [0.3, 0.4) is 0 Å². The van der Waals surface area contributed by atoms with E-state index in [4.69, 9.17) is 18.0 Å². The molecule has 1 fully saturated rings. The van der Waals surface area contributed by atoms with Crippen molar-refractivity contribution in [2.45, 2.75) is 38.1 Å². The van der Waals surface area contributed by atoms with E-state index in [1.54, 1.807) is 0 Å². The summed E-state index contributed by atoms with van der Waals surface area (Å²) in [6.45, 7) is 0. The van der Waals surface area contributed by atoms with Gasteiger partial charge in [0.05, 0.1) is 0 Å². The highest BCUT2D eigenvalue weighted by Gasteiger charge is 2.20. The van der Waals surface area contributed by atoms with Crippen LogP contribution in [0.25, 0.3) is 11.4 Å². The lowest BCUT2D eigenvalue weighted by Gasteiger charge is -2.24. The van der Waals surface area contributed by atoms with Crippen molar-refractivity contribution in [1.29, 1.82) is 0 Å². The third kappa shape index (κ3) is 2.42. The summed E-state index contributed by atoms with van der Waals surface area (Å²) in [5.41, 5.74) is 7.56. The van der Waals surface area contributed by atoms with Crippen LogP contribution in [0.15, 0.2) is 24.3 Å². The molecule has 1 aliphatic rings. The molecular weight excluding hydrogens is 256 g/mol. The van der Waals surface area contributed by atoms with Crippen LogP contribution in [-0.4, -0.2) is 14.8 Å². The number of hydrogen-bond acceptors (Lipinski definition) is 3. The number of benzene rings is 1. The van der Waals surface area contributed by atoms with Gasteiger partial charge in [0, 0.05) is 17.3 Å². The summed E-state index contributed by atoms with van der Waals surface area (Å²) in [5.74, 6) is 0.928. The van der Waals surface area contributed by atoms with Gasteiger partial charge in [0.25, 0.3) is 0 Å². The first-order valence-electron chi connectivity index (χ1n) is 6.78. The Labute approximate surface area is 117 Å². The number of aromatic amines is 1. The van der Waals surface area contributed by atoms with Gasteiger partial charge in [-0.1, -0.05) is 19.3 Å². The van der Waals surface area contributed by atoms with Crippen LogP contribution in [0.5, 0.6) is 0 Å². The van der Waals surface area contributed by atoms with Gasteiger partial charge in [0.15, 0.2) is 10.6 Å². The lowest BCUT2D eigenvalue weighted by atomic mass is 9.95. The quantitative estimate of drug-likeness (QED) is 0.648. The van der Waals surface area contributed by atoms with Gasteiger partial charge in [0.2, 0.25) is 0 Å². The largest absolute Gasteiger partial charge is 0.399 e. The van der Waals surface area contributed by atoms with Crippen LogP contribution in [0.4, 0.5) is 5.69 Å². The Morgan fingerprint density at radius 2 is 1.84 bits per heavy atom. The van der Waals surface area contributed by atoms with Gasteiger partial charge in [-0.05, 0) is 49.3 Å². The van der Waals surface area contributed by atoms with Crippen molar-refractivity contribution in [2.75, 3.05) is 5.73 Å². The predicted molar refractivity (Wildman–Crippen MR) is 79.4 cm³/mol. The van der Waals surface area contributed by atoms with Gasteiger partial charge in [-0.3, -0.25) is 9.67 Å². The third-order valence-corrected chi connectivity index (χ3v) is 4.10. The highest BCUT2D eigenvalue weighted by Crippen LogP contribution is 2.32. The van der Waals surface area contributed by atoms with E-state index in [-0.39, 0.29) is 0 Å². The fourth-order valence-corrected chi connectivity index (χ4v) is 3.10. The second-order valence-electron chi connectivity index (χ2n) is 5.14. The molecule has 100 valence electrons. The molecule has 0 spiro atoms. The Hall–Kier alpha value is -1.62. The van der Waals surface area contributed by atoms with E-state index in [9.17, 15) is 0 Å². The van der Waals surface area contributed by atoms with Crippen molar-refractivity contribution < 1.29 is 0 Å². The van der Waals surface area contributed by atoms with Gasteiger partial charge in [-0.2, -0.15) is 5.10 Å². The summed E-state index contributed by atoms with van der Waals surface area (Å²) in [5, 5.41) is 7.33. The second kappa shape index (κ2) is 5.17. The topological polar surface area (TPSA) is 59.6 Å². The summed E-state index contributed by atoms with van der Waals surface area (Å²) in [7, 11) is 0. The predicted octanol–water partition coefficient (Wildman–Crippen LogP) is 3.70. The molecule has 1 aliphatic carbocycles. The molecule has 4 nitrogen and oxygen atoms in total. The maximum absolute atomic E-state index is 5.74. The van der Waals surface area contributed by atoms with Gasteiger partial charge in [-0.15, -0.1) is 0 Å². The van der Waals surface area contributed by atoms with E-state index in [1.807, 2.05) is 24.3 Å². The molecule has 1 aromatic carbocycles. The molecule has 0 radical (unpaired) electrons. The normalized spacial score (nSPS) is 16.6. The Morgan fingerprint density at radius 3 is 2.53 bits per heavy atom. The molecule has 5 heteroatoms. The minimum atomic E-state index is 0.479. The number of nitrogens with two attached hydrogens (primary N) is 1. The Balaban J connectivity index is 2.02. The highest BCUT2D eigenvalue weighted by atomic mass is 32.1. The maximum Gasteiger partial charge on any atom is 0.195 e. The SMILES string of the molecule is Nc1ccc(-c2n[nH]c(=S)n2C2CCCCC2)cc1. The van der Waals surface area contributed by atoms with E-state index in [2.05, 4.69) is 14.8 Å². The molecule has 0 aliphatic heterocycles. The van der Waals surface area contributed by atoms with Crippen molar-refractivity contribution in [2.24, 2.45) is 0 Å². The molecule has 0 saturated heterocycles. The fourth-order valence-electron chi connectivity index (χ4n) is 2.82. The average Bonchev–Trinajstić information content (AvgIpc) is 2.82. The summed E-state index contributed by atoms with van der Waals surface area (Å²) >= 11 is 5.40. The van der Waals surface area contributed by atoms with Gasteiger partial charge in [-0.25, -0.2) is 0 Å².